The summed E-state index contributed by atoms with van der Waals surface area (Å²) < 4.78 is 18.5. The number of hydrogen-bond donors (Lipinski definition) is 1. The summed E-state index contributed by atoms with van der Waals surface area (Å²) in [6, 6.07) is 13.1. The number of β-amino-alcohol motifs (C(OH)–C–C–N with tert-alkyl or cyclic N) is 1. The van der Waals surface area contributed by atoms with E-state index in [1.165, 1.54) is 29.8 Å². The van der Waals surface area contributed by atoms with Crippen LogP contribution in [0.25, 0.3) is 0 Å². The Morgan fingerprint density at radius 1 is 1.11 bits per heavy atom. The Kier molecular flexibility index (Phi) is 5.83. The lowest BCUT2D eigenvalue weighted by Gasteiger charge is -2.42. The molecule has 150 valence electrons. The first kappa shape index (κ1) is 19.2. The molecule has 5 heteroatoms. The Morgan fingerprint density at radius 2 is 1.86 bits per heavy atom. The average molecular weight is 384 g/mol. The zero-order chi connectivity index (χ0) is 19.5. The molecule has 1 saturated heterocycles. The van der Waals surface area contributed by atoms with Crippen LogP contribution in [0.3, 0.4) is 0 Å². The van der Waals surface area contributed by atoms with E-state index in [1.54, 1.807) is 19.2 Å². The summed E-state index contributed by atoms with van der Waals surface area (Å²) in [4.78, 5) is 4.88. The fourth-order valence-electron chi connectivity index (χ4n) is 4.54. The maximum absolute atomic E-state index is 13.1. The van der Waals surface area contributed by atoms with Crippen LogP contribution in [0.1, 0.15) is 36.5 Å². The minimum Gasteiger partial charge on any atom is -0.497 e. The third kappa shape index (κ3) is 4.15. The molecule has 0 aromatic heterocycles. The Balaban J connectivity index is 1.36. The van der Waals surface area contributed by atoms with Gasteiger partial charge in [-0.15, -0.1) is 0 Å². The number of piperidine rings is 1. The van der Waals surface area contributed by atoms with Crippen LogP contribution >= 0.6 is 0 Å². The largest absolute Gasteiger partial charge is 0.497 e. The first-order valence-electron chi connectivity index (χ1n) is 10.2. The fraction of sp³-hybridized carbons (Fsp3) is 0.478. The Morgan fingerprint density at radius 3 is 2.57 bits per heavy atom. The van der Waals surface area contributed by atoms with Gasteiger partial charge in [0.15, 0.2) is 0 Å². The number of halogens is 1. The maximum Gasteiger partial charge on any atom is 0.123 e. The third-order valence-corrected chi connectivity index (χ3v) is 6.13. The van der Waals surface area contributed by atoms with Gasteiger partial charge in [-0.2, -0.15) is 0 Å². The van der Waals surface area contributed by atoms with Crippen molar-refractivity contribution >= 4 is 5.69 Å². The lowest BCUT2D eigenvalue weighted by Crippen LogP contribution is -2.47. The number of aliphatic hydroxyl groups is 1. The minimum atomic E-state index is -0.572. The summed E-state index contributed by atoms with van der Waals surface area (Å²) >= 11 is 0. The molecule has 1 fully saturated rings. The van der Waals surface area contributed by atoms with Gasteiger partial charge < -0.3 is 19.6 Å². The highest BCUT2D eigenvalue weighted by Gasteiger charge is 2.29. The number of hydrogen-bond acceptors (Lipinski definition) is 4. The molecule has 0 saturated carbocycles. The zero-order valence-corrected chi connectivity index (χ0v) is 16.5. The van der Waals surface area contributed by atoms with E-state index in [4.69, 9.17) is 4.74 Å². The number of fused-ring (bicyclic) bond motifs is 1. The van der Waals surface area contributed by atoms with Crippen molar-refractivity contribution < 1.29 is 14.2 Å². The molecule has 28 heavy (non-hydrogen) atoms. The molecule has 4 nitrogen and oxygen atoms in total. The van der Waals surface area contributed by atoms with Gasteiger partial charge in [0, 0.05) is 44.0 Å². The average Bonchev–Trinajstić information content (AvgIpc) is 2.74. The van der Waals surface area contributed by atoms with Crippen molar-refractivity contribution in [2.45, 2.75) is 37.8 Å². The molecule has 2 aliphatic heterocycles. The number of methoxy groups -OCH3 is 1. The van der Waals surface area contributed by atoms with Crippen LogP contribution in [-0.2, 0) is 6.42 Å². The molecule has 0 amide bonds. The molecule has 1 atom stereocenters. The molecule has 0 aliphatic carbocycles. The maximum atomic E-state index is 13.1. The van der Waals surface area contributed by atoms with Crippen molar-refractivity contribution in [2.24, 2.45) is 0 Å². The van der Waals surface area contributed by atoms with Crippen LogP contribution in [0.15, 0.2) is 42.5 Å². The SMILES string of the molecule is COc1ccc2c(c1)N(C1CCN(CC(O)c3ccc(F)cc3)CC1)CCC2. The molecular formula is C23H29FN2O2. The topological polar surface area (TPSA) is 35.9 Å². The molecule has 0 radical (unpaired) electrons. The molecule has 4 rings (SSSR count). The van der Waals surface area contributed by atoms with Gasteiger partial charge in [0.25, 0.3) is 0 Å². The van der Waals surface area contributed by atoms with Gasteiger partial charge >= 0.3 is 0 Å². The molecule has 2 aromatic rings. The van der Waals surface area contributed by atoms with E-state index >= 15 is 0 Å². The summed E-state index contributed by atoms with van der Waals surface area (Å²) in [6.45, 7) is 3.64. The highest BCUT2D eigenvalue weighted by molar-refractivity contribution is 5.59. The van der Waals surface area contributed by atoms with Crippen molar-refractivity contribution in [3.8, 4) is 5.75 Å². The lowest BCUT2D eigenvalue weighted by molar-refractivity contribution is 0.0967. The number of aliphatic hydroxyl groups excluding tert-OH is 1. The quantitative estimate of drug-likeness (QED) is 0.851. The number of nitrogens with zero attached hydrogens (tertiary/aromatic N) is 2. The van der Waals surface area contributed by atoms with E-state index in [-0.39, 0.29) is 5.82 Å². The molecule has 2 heterocycles. The van der Waals surface area contributed by atoms with Gasteiger partial charge in [-0.25, -0.2) is 4.39 Å². The van der Waals surface area contributed by atoms with Crippen molar-refractivity contribution in [3.05, 3.63) is 59.4 Å². The number of likely N-dealkylation sites (tertiary alicyclic amines) is 1. The molecule has 0 bridgehead atoms. The van der Waals surface area contributed by atoms with Gasteiger partial charge in [0.05, 0.1) is 13.2 Å². The van der Waals surface area contributed by atoms with Crippen LogP contribution < -0.4 is 9.64 Å². The minimum absolute atomic E-state index is 0.268. The summed E-state index contributed by atoms with van der Waals surface area (Å²) in [5, 5.41) is 10.5. The van der Waals surface area contributed by atoms with Gasteiger partial charge in [0.1, 0.15) is 11.6 Å². The first-order chi connectivity index (χ1) is 13.6. The van der Waals surface area contributed by atoms with Crippen LogP contribution in [0, 0.1) is 5.82 Å². The summed E-state index contributed by atoms with van der Waals surface area (Å²) in [7, 11) is 1.72. The van der Waals surface area contributed by atoms with Crippen LogP contribution in [-0.4, -0.2) is 49.3 Å². The summed E-state index contributed by atoms with van der Waals surface area (Å²) in [5.41, 5.74) is 3.53. The summed E-state index contributed by atoms with van der Waals surface area (Å²) in [6.07, 6.45) is 3.94. The van der Waals surface area contributed by atoms with E-state index in [1.807, 2.05) is 0 Å². The van der Waals surface area contributed by atoms with Gasteiger partial charge in [-0.1, -0.05) is 18.2 Å². The number of ether oxygens (including phenoxy) is 1. The van der Waals surface area contributed by atoms with Gasteiger partial charge in [-0.05, 0) is 55.0 Å². The molecule has 2 aliphatic rings. The molecule has 1 N–H and O–H groups in total. The summed E-state index contributed by atoms with van der Waals surface area (Å²) in [5.74, 6) is 0.653. The smallest absolute Gasteiger partial charge is 0.123 e. The Labute approximate surface area is 166 Å². The Bertz CT molecular complexity index is 788. The van der Waals surface area contributed by atoms with E-state index in [0.29, 0.717) is 12.6 Å². The van der Waals surface area contributed by atoms with Crippen molar-refractivity contribution in [2.75, 3.05) is 38.2 Å². The zero-order valence-electron chi connectivity index (χ0n) is 16.5. The highest BCUT2D eigenvalue weighted by atomic mass is 19.1. The van der Waals surface area contributed by atoms with E-state index in [9.17, 15) is 9.50 Å². The molecule has 1 unspecified atom stereocenters. The lowest BCUT2D eigenvalue weighted by atomic mass is 9.95. The van der Waals surface area contributed by atoms with Gasteiger partial charge in [0.2, 0.25) is 0 Å². The van der Waals surface area contributed by atoms with Crippen molar-refractivity contribution in [3.63, 3.8) is 0 Å². The van der Waals surface area contributed by atoms with Crippen molar-refractivity contribution in [1.29, 1.82) is 0 Å². The van der Waals surface area contributed by atoms with Gasteiger partial charge in [-0.3, -0.25) is 0 Å². The standard InChI is InChI=1S/C23H29FN2O2/c1-28-21-9-6-17-3-2-12-26(22(17)15-21)20-10-13-25(14-11-20)16-23(27)18-4-7-19(24)8-5-18/h4-9,15,20,23,27H,2-3,10-14,16H2,1H3. The molecular weight excluding hydrogens is 355 g/mol. The predicted octanol–water partition coefficient (Wildman–Crippen LogP) is 3.78. The monoisotopic (exact) mass is 384 g/mol. The normalized spacial score (nSPS) is 19.3. The number of aryl methyl sites for hydroxylation is 1. The van der Waals surface area contributed by atoms with E-state index in [2.05, 4.69) is 28.0 Å². The highest BCUT2D eigenvalue weighted by Crippen LogP contribution is 2.34. The third-order valence-electron chi connectivity index (χ3n) is 6.13. The second kappa shape index (κ2) is 8.50. The van der Waals surface area contributed by atoms with Crippen LogP contribution in [0.4, 0.5) is 10.1 Å². The van der Waals surface area contributed by atoms with E-state index in [0.717, 1.165) is 50.2 Å². The molecule has 0 spiro atoms. The number of benzene rings is 2. The second-order valence-corrected chi connectivity index (χ2v) is 7.89. The molecule has 2 aromatic carbocycles. The Hall–Kier alpha value is -2.11. The fourth-order valence-corrected chi connectivity index (χ4v) is 4.54. The predicted molar refractivity (Wildman–Crippen MR) is 109 cm³/mol. The van der Waals surface area contributed by atoms with Crippen LogP contribution in [0.2, 0.25) is 0 Å². The van der Waals surface area contributed by atoms with Crippen molar-refractivity contribution in [1.82, 2.24) is 4.90 Å². The number of rotatable bonds is 5. The van der Waals surface area contributed by atoms with E-state index < -0.39 is 6.10 Å². The number of anilines is 1. The first-order valence-corrected chi connectivity index (χ1v) is 10.2. The second-order valence-electron chi connectivity index (χ2n) is 7.89. The van der Waals surface area contributed by atoms with Crippen LogP contribution in [0.5, 0.6) is 5.75 Å².